The van der Waals surface area contributed by atoms with Gasteiger partial charge in [-0.2, -0.15) is 5.26 Å². The molecule has 1 fully saturated rings. The van der Waals surface area contributed by atoms with E-state index in [2.05, 4.69) is 15.6 Å². The number of hydrogen-bond donors (Lipinski definition) is 3. The van der Waals surface area contributed by atoms with Gasteiger partial charge in [0.15, 0.2) is 18.1 Å². The van der Waals surface area contributed by atoms with Gasteiger partial charge < -0.3 is 24.6 Å². The largest absolute Gasteiger partial charge is 0.479 e. The molecule has 2 aliphatic rings. The molecule has 1 saturated heterocycles. The van der Waals surface area contributed by atoms with E-state index in [9.17, 15) is 20.5 Å². The van der Waals surface area contributed by atoms with Crippen molar-refractivity contribution in [1.29, 1.82) is 5.26 Å². The summed E-state index contributed by atoms with van der Waals surface area (Å²) in [4.78, 5) is 15.3. The van der Waals surface area contributed by atoms with Crippen LogP contribution in [-0.4, -0.2) is 47.2 Å². The van der Waals surface area contributed by atoms with Crippen LogP contribution >= 0.6 is 0 Å². The van der Waals surface area contributed by atoms with Gasteiger partial charge in [-0.3, -0.25) is 15.4 Å². The van der Waals surface area contributed by atoms with Crippen LogP contribution in [0, 0.1) is 21.6 Å². The van der Waals surface area contributed by atoms with Gasteiger partial charge in [0, 0.05) is 17.7 Å². The molecule has 0 radical (unpaired) electrons. The molecule has 4 rings (SSSR count). The van der Waals surface area contributed by atoms with Crippen LogP contribution < -0.4 is 15.4 Å². The van der Waals surface area contributed by atoms with Crippen LogP contribution in [0.4, 0.5) is 5.69 Å². The fourth-order valence-electron chi connectivity index (χ4n) is 4.02. The first kappa shape index (κ1) is 23.4. The van der Waals surface area contributed by atoms with Crippen LogP contribution in [0.3, 0.4) is 0 Å². The third kappa shape index (κ3) is 4.79. The van der Waals surface area contributed by atoms with E-state index in [0.29, 0.717) is 24.5 Å². The summed E-state index contributed by atoms with van der Waals surface area (Å²) in [5.41, 5.74) is -0.231. The van der Waals surface area contributed by atoms with Crippen LogP contribution in [0.25, 0.3) is 0 Å². The Morgan fingerprint density at radius 1 is 1.29 bits per heavy atom. The Balaban J connectivity index is 1.70. The summed E-state index contributed by atoms with van der Waals surface area (Å²) >= 11 is 0. The number of ether oxygens (including phenoxy) is 3. The zero-order valence-electron chi connectivity index (χ0n) is 18.5. The average molecular weight is 467 g/mol. The van der Waals surface area contributed by atoms with E-state index in [1.54, 1.807) is 6.92 Å². The smallest absolute Gasteiger partial charge is 0.270 e. The van der Waals surface area contributed by atoms with E-state index in [1.807, 2.05) is 36.5 Å². The van der Waals surface area contributed by atoms with Gasteiger partial charge in [-0.1, -0.05) is 30.3 Å². The van der Waals surface area contributed by atoms with Crippen molar-refractivity contribution in [2.45, 2.75) is 43.9 Å². The van der Waals surface area contributed by atoms with E-state index < -0.39 is 29.0 Å². The lowest BCUT2D eigenvalue weighted by Crippen LogP contribution is -2.63. The van der Waals surface area contributed by atoms with Gasteiger partial charge in [-0.15, -0.1) is 0 Å². The van der Waals surface area contributed by atoms with E-state index in [0.717, 1.165) is 12.0 Å². The molecule has 3 N–H and O–H groups in total. The highest BCUT2D eigenvalue weighted by molar-refractivity contribution is 5.82. The molecule has 178 valence electrons. The highest BCUT2D eigenvalue weighted by atomic mass is 16.7. The summed E-state index contributed by atoms with van der Waals surface area (Å²) in [6, 6.07) is 12.7. The van der Waals surface area contributed by atoms with Crippen molar-refractivity contribution >= 4 is 11.6 Å². The van der Waals surface area contributed by atoms with Crippen molar-refractivity contribution in [3.8, 4) is 11.9 Å². The van der Waals surface area contributed by atoms with Crippen molar-refractivity contribution in [3.05, 3.63) is 69.8 Å². The summed E-state index contributed by atoms with van der Waals surface area (Å²) < 4.78 is 17.6. The number of aliphatic hydroxyl groups excluding tert-OH is 1. The predicted molar refractivity (Wildman–Crippen MR) is 121 cm³/mol. The number of benzene rings is 2. The van der Waals surface area contributed by atoms with Gasteiger partial charge in [0.05, 0.1) is 30.7 Å². The number of guanidine groups is 1. The Kier molecular flexibility index (Phi) is 6.93. The summed E-state index contributed by atoms with van der Waals surface area (Å²) in [6.45, 7) is 2.82. The minimum Gasteiger partial charge on any atom is -0.479 e. The average Bonchev–Trinajstić information content (AvgIpc) is 2.86. The van der Waals surface area contributed by atoms with Crippen molar-refractivity contribution in [3.63, 3.8) is 0 Å². The normalized spacial score (nSPS) is 24.9. The van der Waals surface area contributed by atoms with E-state index in [-0.39, 0.29) is 18.2 Å². The molecule has 2 aromatic carbocycles. The maximum atomic E-state index is 11.4. The van der Waals surface area contributed by atoms with Gasteiger partial charge in [-0.25, -0.2) is 4.99 Å². The molecule has 2 aromatic rings. The fourth-order valence-corrected chi connectivity index (χ4v) is 4.02. The number of hydrogen-bond acceptors (Lipinski definition) is 8. The van der Waals surface area contributed by atoms with Gasteiger partial charge in [-0.05, 0) is 25.0 Å². The Morgan fingerprint density at radius 3 is 2.71 bits per heavy atom. The van der Waals surface area contributed by atoms with Crippen LogP contribution in [0.2, 0.25) is 0 Å². The quantitative estimate of drug-likeness (QED) is 0.150. The molecule has 0 bridgehead atoms. The van der Waals surface area contributed by atoms with Gasteiger partial charge in [0.2, 0.25) is 5.96 Å². The van der Waals surface area contributed by atoms with E-state index in [1.165, 1.54) is 18.2 Å². The van der Waals surface area contributed by atoms with Crippen LogP contribution in [0.5, 0.6) is 5.75 Å². The first-order valence-electron chi connectivity index (χ1n) is 10.8. The van der Waals surface area contributed by atoms with Crippen molar-refractivity contribution in [2.75, 3.05) is 13.2 Å². The van der Waals surface area contributed by atoms with Crippen LogP contribution in [0.1, 0.15) is 30.5 Å². The highest BCUT2D eigenvalue weighted by Gasteiger charge is 2.53. The summed E-state index contributed by atoms with van der Waals surface area (Å²) in [6.07, 6.45) is 0.416. The molecule has 0 spiro atoms. The molecular formula is C23H25N5O6. The van der Waals surface area contributed by atoms with Crippen molar-refractivity contribution in [1.82, 2.24) is 10.6 Å². The van der Waals surface area contributed by atoms with Gasteiger partial charge in [0.25, 0.3) is 5.69 Å². The Morgan fingerprint density at radius 2 is 2.03 bits per heavy atom. The van der Waals surface area contributed by atoms with Crippen molar-refractivity contribution < 1.29 is 24.2 Å². The van der Waals surface area contributed by atoms with Crippen LogP contribution in [-0.2, 0) is 16.0 Å². The molecule has 2 heterocycles. The lowest BCUT2D eigenvalue weighted by atomic mass is 9.84. The molecule has 0 saturated carbocycles. The number of nitro groups is 1. The summed E-state index contributed by atoms with van der Waals surface area (Å²) in [7, 11) is 0. The number of nitriles is 1. The zero-order valence-corrected chi connectivity index (χ0v) is 18.5. The topological polar surface area (TPSA) is 151 Å². The second-order valence-corrected chi connectivity index (χ2v) is 8.15. The molecule has 3 atom stereocenters. The number of nitro benzene ring substituents is 1. The van der Waals surface area contributed by atoms with Crippen LogP contribution in [0.15, 0.2) is 53.5 Å². The summed E-state index contributed by atoms with van der Waals surface area (Å²) in [5, 5.41) is 37.6. The third-order valence-electron chi connectivity index (χ3n) is 5.80. The maximum absolute atomic E-state index is 11.4. The molecule has 0 aliphatic carbocycles. The molecule has 11 nitrogen and oxygen atoms in total. The highest BCUT2D eigenvalue weighted by Crippen LogP contribution is 2.44. The number of fused-ring (bicyclic) bond motifs is 1. The number of rotatable bonds is 5. The fraction of sp³-hybridized carbons (Fsp3) is 0.391. The Hall–Kier alpha value is -3.72. The lowest BCUT2D eigenvalue weighted by molar-refractivity contribution is -0.385. The zero-order chi connectivity index (χ0) is 24.1. The Bertz CT molecular complexity index is 1100. The minimum absolute atomic E-state index is 0.0996. The number of non-ortho nitro benzene ring substituents is 1. The maximum Gasteiger partial charge on any atom is 0.270 e. The molecule has 11 heteroatoms. The number of aliphatic imine (C=N–C) groups is 1. The number of nitrogens with zero attached hydrogens (tertiary/aromatic N) is 3. The van der Waals surface area contributed by atoms with E-state index >= 15 is 0 Å². The molecule has 0 aromatic heterocycles. The first-order valence-corrected chi connectivity index (χ1v) is 10.8. The molecule has 34 heavy (non-hydrogen) atoms. The number of nitrogens with one attached hydrogen (secondary N) is 2. The van der Waals surface area contributed by atoms with E-state index in [4.69, 9.17) is 14.2 Å². The first-order chi connectivity index (χ1) is 16.4. The minimum atomic E-state index is -1.33. The molecule has 0 amide bonds. The SMILES string of the molecule is C[C@]1(C2OCCCO2)Oc2ccc([N+](=O)[O-])cc2[C@@H](NC(=NCc2ccccc2)NC#N)[C@@H]1O. The van der Waals surface area contributed by atoms with Gasteiger partial charge >= 0.3 is 0 Å². The molecule has 0 unspecified atom stereocenters. The summed E-state index contributed by atoms with van der Waals surface area (Å²) in [5.74, 6) is 0.427. The van der Waals surface area contributed by atoms with Gasteiger partial charge in [0.1, 0.15) is 11.9 Å². The molecular weight excluding hydrogens is 442 g/mol. The number of aliphatic hydroxyl groups is 1. The second kappa shape index (κ2) is 10.0. The molecule has 2 aliphatic heterocycles. The lowest BCUT2D eigenvalue weighted by Gasteiger charge is -2.48. The second-order valence-electron chi connectivity index (χ2n) is 8.15. The van der Waals surface area contributed by atoms with Crippen molar-refractivity contribution in [2.24, 2.45) is 4.99 Å². The third-order valence-corrected chi connectivity index (χ3v) is 5.80. The standard InChI is InChI=1S/C23H25N5O6/c1-23(21-32-10-5-11-33-21)20(29)19(17-12-16(28(30)31)8-9-18(17)34-23)27-22(26-14-24)25-13-15-6-3-2-4-7-15/h2-4,6-9,12,19-21,29H,5,10-11,13H2,1H3,(H2,25,26,27)/t19-,20+,23+/m1/s1. The predicted octanol–water partition coefficient (Wildman–Crippen LogP) is 2.13. The Labute approximate surface area is 196 Å². The monoisotopic (exact) mass is 467 g/mol.